The van der Waals surface area contributed by atoms with E-state index in [-0.39, 0.29) is 0 Å². The summed E-state index contributed by atoms with van der Waals surface area (Å²) in [4.78, 5) is 0. The summed E-state index contributed by atoms with van der Waals surface area (Å²) in [7, 11) is 0.609. The van der Waals surface area contributed by atoms with Crippen molar-refractivity contribution in [2.45, 2.75) is 39.2 Å². The lowest BCUT2D eigenvalue weighted by atomic mass is 10.1. The molecule has 0 spiro atoms. The quantitative estimate of drug-likeness (QED) is 0.495. The molecule has 0 amide bonds. The Balaban J connectivity index is 4.06. The Bertz CT molecular complexity index is 242. The Morgan fingerprint density at radius 1 is 1.53 bits per heavy atom. The van der Waals surface area contributed by atoms with Gasteiger partial charge in [0.05, 0.1) is 6.10 Å². The molecule has 0 bridgehead atoms. The minimum Gasteiger partial charge on any atom is -0.233 e. The molecule has 1 unspecified atom stereocenters. The van der Waals surface area contributed by atoms with Crippen molar-refractivity contribution in [3.63, 3.8) is 0 Å². The highest BCUT2D eigenvalue weighted by Gasteiger charge is 2.09. The lowest BCUT2D eigenvalue weighted by Gasteiger charge is -2.10. The Labute approximate surface area is 109 Å². The maximum absolute atomic E-state index is 11.7. The van der Waals surface area contributed by atoms with Crippen LogP contribution in [0.1, 0.15) is 33.1 Å². The van der Waals surface area contributed by atoms with Crippen molar-refractivity contribution in [1.82, 2.24) is 0 Å². The highest BCUT2D eigenvalue weighted by molar-refractivity contribution is 14.1. The molecule has 0 aliphatic heterocycles. The van der Waals surface area contributed by atoms with Crippen molar-refractivity contribution < 1.29 is 5.11 Å². The first-order valence-corrected chi connectivity index (χ1v) is 7.39. The van der Waals surface area contributed by atoms with E-state index >= 15 is 0 Å². The summed E-state index contributed by atoms with van der Waals surface area (Å²) in [5.74, 6) is 0. The van der Waals surface area contributed by atoms with Gasteiger partial charge in [-0.15, -0.1) is 12.3 Å². The molecule has 0 aromatic rings. The first-order chi connectivity index (χ1) is 7.11. The van der Waals surface area contributed by atoms with Gasteiger partial charge in [-0.3, -0.25) is 0 Å². The van der Waals surface area contributed by atoms with E-state index in [1.807, 2.05) is 15.9 Å². The van der Waals surface area contributed by atoms with E-state index < -0.39 is 6.10 Å². The summed E-state index contributed by atoms with van der Waals surface area (Å²) in [6.45, 7) is 7.87. The number of hydrogen-bond donors (Lipinski definition) is 0. The fraction of sp³-hybridized carbons (Fsp3) is 0.500. The first-order valence-electron chi connectivity index (χ1n) is 5.06. The van der Waals surface area contributed by atoms with Crippen molar-refractivity contribution in [3.05, 3.63) is 33.2 Å². The third kappa shape index (κ3) is 7.99. The van der Waals surface area contributed by atoms with Gasteiger partial charge < -0.3 is 0 Å². The topological polar surface area (TPSA) is 19.9 Å². The fourth-order valence-electron chi connectivity index (χ4n) is 1.21. The summed E-state index contributed by atoms with van der Waals surface area (Å²) in [5, 5.41) is 13.0. The average Bonchev–Trinajstić information content (AvgIpc) is 2.17. The third-order valence-corrected chi connectivity index (χ3v) is 3.82. The lowest BCUT2D eigenvalue weighted by molar-refractivity contribution is 0.0836. The maximum Gasteiger partial charge on any atom is 0.105 e. The monoisotopic (exact) mass is 333 g/mol. The van der Waals surface area contributed by atoms with E-state index in [9.17, 15) is 5.11 Å². The summed E-state index contributed by atoms with van der Waals surface area (Å²) in [6, 6.07) is 0. The van der Waals surface area contributed by atoms with Crippen LogP contribution >= 0.6 is 22.6 Å². The normalized spacial score (nSPS) is 12.8. The van der Waals surface area contributed by atoms with Crippen molar-refractivity contribution in [2.24, 2.45) is 0 Å². The van der Waals surface area contributed by atoms with E-state index in [0.29, 0.717) is 15.9 Å². The molecule has 0 fully saturated rings. The molecular weight excluding hydrogens is 315 g/mol. The molecule has 0 saturated carbocycles. The molecule has 0 rings (SSSR count). The van der Waals surface area contributed by atoms with Crippen LogP contribution in [0.3, 0.4) is 0 Å². The zero-order valence-corrected chi connectivity index (χ0v) is 12.6. The molecule has 0 aliphatic carbocycles. The van der Waals surface area contributed by atoms with Crippen LogP contribution < -0.4 is 0 Å². The van der Waals surface area contributed by atoms with Crippen molar-refractivity contribution >= 4 is 32.1 Å². The molecule has 1 atom stereocenters. The van der Waals surface area contributed by atoms with Crippen LogP contribution in [0.2, 0.25) is 0 Å². The van der Waals surface area contributed by atoms with Crippen LogP contribution in [0.4, 0.5) is 0 Å². The van der Waals surface area contributed by atoms with E-state index in [1.165, 1.54) is 10.8 Å². The predicted molar refractivity (Wildman–Crippen MR) is 75.8 cm³/mol. The molecule has 83 valence electrons. The summed E-state index contributed by atoms with van der Waals surface area (Å²) >= 11 is 2.18. The number of hydrogen-bond acceptors (Lipinski definition) is 0. The molecule has 0 N–H and O–H groups in total. The molecule has 3 heteroatoms. The van der Waals surface area contributed by atoms with E-state index in [2.05, 4.69) is 43.0 Å². The average molecular weight is 333 g/mol. The maximum atomic E-state index is 11.7. The van der Waals surface area contributed by atoms with Gasteiger partial charge in [0.1, 0.15) is 9.52 Å². The van der Waals surface area contributed by atoms with Gasteiger partial charge in [-0.2, -0.15) is 0 Å². The Hall–Kier alpha value is 0.127. The van der Waals surface area contributed by atoms with Crippen molar-refractivity contribution in [1.29, 1.82) is 0 Å². The zero-order chi connectivity index (χ0) is 11.7. The Morgan fingerprint density at radius 3 is 2.67 bits per heavy atom. The highest BCUT2D eigenvalue weighted by atomic mass is 127. The summed E-state index contributed by atoms with van der Waals surface area (Å²) in [6.07, 6.45) is 3.89. The number of allylic oxidation sites excluding steroid dienone is 2. The number of rotatable bonds is 7. The summed E-state index contributed by atoms with van der Waals surface area (Å²) < 4.78 is 1.97. The van der Waals surface area contributed by atoms with E-state index in [4.69, 9.17) is 0 Å². The minimum absolute atomic E-state index is 0.463. The molecule has 0 aromatic heterocycles. The molecule has 0 aromatic carbocycles. The van der Waals surface area contributed by atoms with Gasteiger partial charge in [0.15, 0.2) is 0 Å². The van der Waals surface area contributed by atoms with Crippen LogP contribution in [-0.4, -0.2) is 15.6 Å². The SMILES string of the molecule is C=C[Si]C(CC([O])CC/C=C\I)=C(C)C. The van der Waals surface area contributed by atoms with Crippen molar-refractivity contribution in [3.8, 4) is 0 Å². The van der Waals surface area contributed by atoms with Crippen molar-refractivity contribution in [2.75, 3.05) is 0 Å². The highest BCUT2D eigenvalue weighted by Crippen LogP contribution is 2.14. The van der Waals surface area contributed by atoms with Crippen LogP contribution in [0.25, 0.3) is 0 Å². The molecule has 15 heavy (non-hydrogen) atoms. The predicted octanol–water partition coefficient (Wildman–Crippen LogP) is 4.05. The molecule has 0 saturated heterocycles. The zero-order valence-electron chi connectivity index (χ0n) is 9.42. The largest absolute Gasteiger partial charge is 0.233 e. The van der Waals surface area contributed by atoms with Gasteiger partial charge >= 0.3 is 0 Å². The fourth-order valence-corrected chi connectivity index (χ4v) is 2.45. The van der Waals surface area contributed by atoms with Crippen LogP contribution in [0, 0.1) is 0 Å². The number of halogens is 1. The van der Waals surface area contributed by atoms with Gasteiger partial charge in [0, 0.05) is 0 Å². The second kappa shape index (κ2) is 9.36. The summed E-state index contributed by atoms with van der Waals surface area (Å²) in [5.41, 5.74) is 3.18. The third-order valence-electron chi connectivity index (χ3n) is 2.06. The van der Waals surface area contributed by atoms with Crippen LogP contribution in [0.5, 0.6) is 0 Å². The van der Waals surface area contributed by atoms with E-state index in [0.717, 1.165) is 12.8 Å². The Morgan fingerprint density at radius 2 is 2.20 bits per heavy atom. The van der Waals surface area contributed by atoms with Gasteiger partial charge in [-0.1, -0.05) is 39.4 Å². The Kier molecular flexibility index (Phi) is 9.44. The first kappa shape index (κ1) is 15.1. The van der Waals surface area contributed by atoms with Gasteiger partial charge in [-0.25, -0.2) is 5.11 Å². The van der Waals surface area contributed by atoms with Gasteiger partial charge in [0.25, 0.3) is 0 Å². The van der Waals surface area contributed by atoms with Crippen LogP contribution in [0.15, 0.2) is 33.2 Å². The van der Waals surface area contributed by atoms with Gasteiger partial charge in [0.2, 0.25) is 0 Å². The standard InChI is InChI=1S/C12H18IOSi/c1-4-15-12(10(2)3)9-11(14)7-5-6-8-13/h4,6,8,11H,1,5,7,9H2,2-3H3/b8-6-. The molecule has 1 nitrogen and oxygen atoms in total. The molecule has 0 heterocycles. The van der Waals surface area contributed by atoms with E-state index in [1.54, 1.807) is 0 Å². The van der Waals surface area contributed by atoms with Crippen LogP contribution in [-0.2, 0) is 5.11 Å². The molecule has 0 aliphatic rings. The molecule has 3 radical (unpaired) electrons. The molecular formula is C12H18IOSi. The lowest BCUT2D eigenvalue weighted by Crippen LogP contribution is -2.09. The second-order valence-electron chi connectivity index (χ2n) is 3.59. The minimum atomic E-state index is -0.463. The second-order valence-corrected chi connectivity index (χ2v) is 5.61. The smallest absolute Gasteiger partial charge is 0.105 e. The van der Waals surface area contributed by atoms with Gasteiger partial charge in [-0.05, 0) is 37.2 Å².